The highest BCUT2D eigenvalue weighted by Crippen LogP contribution is 2.49. The van der Waals surface area contributed by atoms with E-state index in [1.165, 1.54) is 18.2 Å². The van der Waals surface area contributed by atoms with Gasteiger partial charge in [-0.1, -0.05) is 24.3 Å². The lowest BCUT2D eigenvalue weighted by atomic mass is 9.90. The zero-order valence-corrected chi connectivity index (χ0v) is 47.1. The molecular formula is C65H45F6N15. The molecule has 0 amide bonds. The molecule has 0 N–H and O–H groups in total. The summed E-state index contributed by atoms with van der Waals surface area (Å²) in [7, 11) is 0. The van der Waals surface area contributed by atoms with Gasteiger partial charge in [0.2, 0.25) is 0 Å². The molecule has 7 aromatic carbocycles. The van der Waals surface area contributed by atoms with E-state index in [-0.39, 0.29) is 16.8 Å². The molecule has 6 heterocycles. The van der Waals surface area contributed by atoms with Crippen LogP contribution in [0.25, 0.3) is 123 Å². The molecule has 0 spiro atoms. The van der Waals surface area contributed by atoms with Gasteiger partial charge in [-0.05, 0) is 164 Å². The van der Waals surface area contributed by atoms with E-state index in [4.69, 9.17) is 0 Å². The molecule has 86 heavy (non-hydrogen) atoms. The predicted octanol–water partition coefficient (Wildman–Crippen LogP) is 15.0. The summed E-state index contributed by atoms with van der Waals surface area (Å²) in [4.78, 5) is 54.9. The van der Waals surface area contributed by atoms with Gasteiger partial charge in [0.15, 0.2) is 23.3 Å². The number of nitriles is 1. The minimum atomic E-state index is -5.20. The molecule has 0 unspecified atom stereocenters. The van der Waals surface area contributed by atoms with E-state index < -0.39 is 29.0 Å². The summed E-state index contributed by atoms with van der Waals surface area (Å²) >= 11 is 0. The van der Waals surface area contributed by atoms with Crippen molar-refractivity contribution in [1.82, 2.24) is 68.9 Å². The zero-order valence-electron chi connectivity index (χ0n) is 47.1. The SMILES string of the molecule is Cc1nc(C)nc(-c2ccc3c(c2)c2cc(-c4nc(C)nc(C)n4)ccc2n3-c2cc(C#N)ccc2-c2ccc(-c3c(C(F)(F)F)cccc3C(F)(F)F)cc2-n2c3ccc(-c4nc(C)nc(C)n4)cc3c3cc(-c4nc(C)nc(C)n4)ccc32)n1. The quantitative estimate of drug-likeness (QED) is 0.131. The monoisotopic (exact) mass is 1150 g/mol. The van der Waals surface area contributed by atoms with E-state index in [2.05, 4.69) is 65.9 Å². The smallest absolute Gasteiger partial charge is 0.309 e. The summed E-state index contributed by atoms with van der Waals surface area (Å²) in [6.45, 7) is 14.2. The summed E-state index contributed by atoms with van der Waals surface area (Å²) in [5.41, 5.74) is 2.35. The normalized spacial score (nSPS) is 12.1. The van der Waals surface area contributed by atoms with Crippen molar-refractivity contribution in [3.05, 3.63) is 191 Å². The molecule has 0 saturated carbocycles. The maximum absolute atomic E-state index is 15.3. The van der Waals surface area contributed by atoms with Gasteiger partial charge in [0, 0.05) is 60.5 Å². The third-order valence-electron chi connectivity index (χ3n) is 14.9. The largest absolute Gasteiger partial charge is 0.417 e. The molecule has 0 saturated heterocycles. The van der Waals surface area contributed by atoms with Crippen molar-refractivity contribution in [3.63, 3.8) is 0 Å². The van der Waals surface area contributed by atoms with Crippen LogP contribution in [0, 0.1) is 66.7 Å². The average Bonchev–Trinajstić information content (AvgIpc) is 1.59. The molecule has 0 aliphatic rings. The fourth-order valence-corrected chi connectivity index (χ4v) is 11.6. The number of rotatable bonds is 8. The molecular weight excluding hydrogens is 1100 g/mol. The highest BCUT2D eigenvalue weighted by molar-refractivity contribution is 6.14. The van der Waals surface area contributed by atoms with Gasteiger partial charge in [-0.25, -0.2) is 59.8 Å². The van der Waals surface area contributed by atoms with Crippen LogP contribution in [-0.2, 0) is 12.4 Å². The van der Waals surface area contributed by atoms with Crippen LogP contribution in [-0.4, -0.2) is 68.9 Å². The Hall–Kier alpha value is -10.8. The van der Waals surface area contributed by atoms with Crippen LogP contribution in [0.5, 0.6) is 0 Å². The Morgan fingerprint density at radius 3 is 0.930 bits per heavy atom. The summed E-state index contributed by atoms with van der Waals surface area (Å²) in [5.74, 6) is 5.70. The number of alkyl halides is 6. The standard InChI is InChI=1S/C65H45F6N15/c1-31-73-32(2)78-60(77-31)41-14-20-53-47(25-41)48-26-42(61-79-33(3)74-34(4)80-61)15-21-54(48)85(53)57-24-39(30-72)12-18-45(57)46-19-13-40(59-51(64(66,67)68)10-9-11-52(59)65(69,70)71)29-58(46)86-55-22-16-43(62-81-35(5)75-36(6)82-62)27-49(55)50-28-44(17-23-56(50)86)63-83-37(7)76-38(8)84-63/h9-29H,1-8H3. The van der Waals surface area contributed by atoms with E-state index in [0.717, 1.165) is 16.8 Å². The average molecular weight is 1150 g/mol. The fourth-order valence-electron chi connectivity index (χ4n) is 11.6. The molecule has 422 valence electrons. The lowest BCUT2D eigenvalue weighted by Crippen LogP contribution is -2.14. The molecule has 15 nitrogen and oxygen atoms in total. The Bertz CT molecular complexity index is 4730. The van der Waals surface area contributed by atoms with Crippen molar-refractivity contribution >= 4 is 43.6 Å². The second-order valence-electron chi connectivity index (χ2n) is 20.9. The highest BCUT2D eigenvalue weighted by Gasteiger charge is 2.41. The second kappa shape index (κ2) is 20.3. The number of hydrogen-bond acceptors (Lipinski definition) is 13. The van der Waals surface area contributed by atoms with Crippen molar-refractivity contribution in [3.8, 4) is 85.2 Å². The van der Waals surface area contributed by atoms with Crippen molar-refractivity contribution in [1.29, 1.82) is 5.26 Å². The van der Waals surface area contributed by atoms with E-state index in [0.29, 0.717) is 154 Å². The van der Waals surface area contributed by atoms with Crippen molar-refractivity contribution < 1.29 is 26.3 Å². The van der Waals surface area contributed by atoms with E-state index >= 15 is 26.3 Å². The predicted molar refractivity (Wildman–Crippen MR) is 314 cm³/mol. The van der Waals surface area contributed by atoms with E-state index in [1.54, 1.807) is 73.6 Å². The van der Waals surface area contributed by atoms with Crippen molar-refractivity contribution in [2.24, 2.45) is 0 Å². The zero-order chi connectivity index (χ0) is 60.2. The second-order valence-corrected chi connectivity index (χ2v) is 20.9. The molecule has 0 radical (unpaired) electrons. The molecule has 6 aromatic heterocycles. The van der Waals surface area contributed by atoms with Crippen LogP contribution in [0.4, 0.5) is 26.3 Å². The first-order valence-electron chi connectivity index (χ1n) is 27.0. The molecule has 0 atom stereocenters. The molecule has 13 rings (SSSR count). The number of halogens is 6. The molecule has 0 aliphatic heterocycles. The summed E-state index contributed by atoms with van der Waals surface area (Å²) in [5, 5.41) is 13.4. The van der Waals surface area contributed by atoms with Gasteiger partial charge in [0.05, 0.1) is 56.2 Å². The minimum absolute atomic E-state index is 0.198. The Morgan fingerprint density at radius 2 is 0.628 bits per heavy atom. The Labute approximate surface area is 485 Å². The first-order valence-corrected chi connectivity index (χ1v) is 27.0. The lowest BCUT2D eigenvalue weighted by Gasteiger charge is -2.22. The molecule has 21 heteroatoms. The number of fused-ring (bicyclic) bond motifs is 6. The summed E-state index contributed by atoms with van der Waals surface area (Å²) in [6.07, 6.45) is -10.4. The van der Waals surface area contributed by atoms with Crippen LogP contribution < -0.4 is 0 Å². The first kappa shape index (κ1) is 54.5. The van der Waals surface area contributed by atoms with Crippen molar-refractivity contribution in [2.45, 2.75) is 67.7 Å². The van der Waals surface area contributed by atoms with Crippen molar-refractivity contribution in [2.75, 3.05) is 0 Å². The van der Waals surface area contributed by atoms with Crippen LogP contribution >= 0.6 is 0 Å². The Morgan fingerprint density at radius 1 is 0.337 bits per heavy atom. The van der Waals surface area contributed by atoms with Crippen LogP contribution in [0.3, 0.4) is 0 Å². The summed E-state index contributed by atoms with van der Waals surface area (Å²) < 4.78 is 95.6. The molecule has 13 aromatic rings. The first-order chi connectivity index (χ1) is 41.1. The van der Waals surface area contributed by atoms with E-state index in [1.807, 2.05) is 81.9 Å². The Kier molecular flexibility index (Phi) is 12.8. The van der Waals surface area contributed by atoms with Gasteiger partial charge >= 0.3 is 12.4 Å². The lowest BCUT2D eigenvalue weighted by molar-refractivity contribution is -0.142. The third kappa shape index (κ3) is 9.63. The van der Waals surface area contributed by atoms with Gasteiger partial charge in [-0.3, -0.25) is 0 Å². The van der Waals surface area contributed by atoms with Gasteiger partial charge < -0.3 is 9.13 Å². The maximum atomic E-state index is 15.3. The Balaban J connectivity index is 1.15. The van der Waals surface area contributed by atoms with Crippen LogP contribution in [0.15, 0.2) is 127 Å². The highest BCUT2D eigenvalue weighted by atomic mass is 19.4. The maximum Gasteiger partial charge on any atom is 0.417 e. The number of aromatic nitrogens is 14. The molecule has 0 bridgehead atoms. The van der Waals surface area contributed by atoms with Gasteiger partial charge in [0.1, 0.15) is 46.6 Å². The molecule has 0 aliphatic carbocycles. The van der Waals surface area contributed by atoms with Crippen LogP contribution in [0.1, 0.15) is 63.3 Å². The molecule has 0 fully saturated rings. The van der Waals surface area contributed by atoms with Gasteiger partial charge in [-0.2, -0.15) is 31.6 Å². The number of aryl methyl sites for hydroxylation is 8. The van der Waals surface area contributed by atoms with Gasteiger partial charge in [-0.15, -0.1) is 0 Å². The summed E-state index contributed by atoms with van der Waals surface area (Å²) in [6, 6.07) is 36.2. The van der Waals surface area contributed by atoms with Crippen LogP contribution in [0.2, 0.25) is 0 Å². The third-order valence-corrected chi connectivity index (χ3v) is 14.9. The van der Waals surface area contributed by atoms with Gasteiger partial charge in [0.25, 0.3) is 0 Å². The number of nitrogens with zero attached hydrogens (tertiary/aromatic N) is 15. The minimum Gasteiger partial charge on any atom is -0.309 e. The van der Waals surface area contributed by atoms with E-state index in [9.17, 15) is 5.26 Å². The number of benzene rings is 7. The fraction of sp³-hybridized carbons (Fsp3) is 0.154. The number of hydrogen-bond donors (Lipinski definition) is 0. The topological polar surface area (TPSA) is 188 Å².